The van der Waals surface area contributed by atoms with Crippen LogP contribution < -0.4 is 5.32 Å². The van der Waals surface area contributed by atoms with E-state index in [2.05, 4.69) is 37.9 Å². The van der Waals surface area contributed by atoms with Gasteiger partial charge < -0.3 is 10.1 Å². The van der Waals surface area contributed by atoms with Crippen molar-refractivity contribution in [1.82, 2.24) is 10.2 Å². The van der Waals surface area contributed by atoms with Gasteiger partial charge in [-0.3, -0.25) is 4.90 Å². The van der Waals surface area contributed by atoms with Crippen molar-refractivity contribution >= 4 is 0 Å². The normalized spacial score (nSPS) is 35.7. The summed E-state index contributed by atoms with van der Waals surface area (Å²) >= 11 is 0. The van der Waals surface area contributed by atoms with E-state index in [4.69, 9.17) is 4.74 Å². The first-order chi connectivity index (χ1) is 9.52. The van der Waals surface area contributed by atoms with Crippen molar-refractivity contribution in [3.63, 3.8) is 0 Å². The van der Waals surface area contributed by atoms with Crippen LogP contribution in [0.15, 0.2) is 0 Å². The van der Waals surface area contributed by atoms with E-state index in [1.165, 1.54) is 38.6 Å². The second kappa shape index (κ2) is 7.24. The topological polar surface area (TPSA) is 24.5 Å². The van der Waals surface area contributed by atoms with E-state index in [0.717, 1.165) is 19.7 Å². The van der Waals surface area contributed by atoms with Crippen LogP contribution in [0, 0.1) is 5.41 Å². The quantitative estimate of drug-likeness (QED) is 0.858. The van der Waals surface area contributed by atoms with Crippen molar-refractivity contribution in [2.24, 2.45) is 5.41 Å². The number of nitrogens with zero attached hydrogens (tertiary/aromatic N) is 1. The summed E-state index contributed by atoms with van der Waals surface area (Å²) in [4.78, 5) is 2.71. The molecule has 2 aliphatic rings. The first-order valence-corrected chi connectivity index (χ1v) is 8.61. The maximum atomic E-state index is 5.83. The Bertz CT molecular complexity index is 293. The van der Waals surface area contributed by atoms with E-state index in [0.29, 0.717) is 23.6 Å². The molecule has 1 N–H and O–H groups in total. The van der Waals surface area contributed by atoms with Gasteiger partial charge in [-0.05, 0) is 51.0 Å². The molecular weight excluding hydrogens is 248 g/mol. The SMILES string of the molecule is CCCNC1CCC(C)(C)CC1N1CCCOC(C)C1. The van der Waals surface area contributed by atoms with Crippen LogP contribution in [-0.2, 0) is 4.74 Å². The Labute approximate surface area is 125 Å². The predicted octanol–water partition coefficient (Wildman–Crippen LogP) is 3.04. The van der Waals surface area contributed by atoms with Crippen LogP contribution in [0.1, 0.15) is 59.8 Å². The predicted molar refractivity (Wildman–Crippen MR) is 85.1 cm³/mol. The van der Waals surface area contributed by atoms with Gasteiger partial charge in [-0.2, -0.15) is 0 Å². The molecule has 3 atom stereocenters. The summed E-state index contributed by atoms with van der Waals surface area (Å²) in [6.45, 7) is 13.8. The molecule has 1 saturated heterocycles. The standard InChI is InChI=1S/C17H34N2O/c1-5-9-18-15-7-8-17(3,4)12-16(15)19-10-6-11-20-14(2)13-19/h14-16,18H,5-13H2,1-4H3. The molecule has 0 amide bonds. The summed E-state index contributed by atoms with van der Waals surface area (Å²) in [7, 11) is 0. The third-order valence-electron chi connectivity index (χ3n) is 4.97. The van der Waals surface area contributed by atoms with Crippen LogP contribution in [0.3, 0.4) is 0 Å². The number of ether oxygens (including phenoxy) is 1. The second-order valence-electron chi connectivity index (χ2n) is 7.56. The smallest absolute Gasteiger partial charge is 0.0674 e. The lowest BCUT2D eigenvalue weighted by Gasteiger charge is -2.46. The third-order valence-corrected chi connectivity index (χ3v) is 4.97. The van der Waals surface area contributed by atoms with Crippen LogP contribution in [0.4, 0.5) is 0 Å². The minimum absolute atomic E-state index is 0.384. The Morgan fingerprint density at radius 3 is 2.90 bits per heavy atom. The molecule has 3 heteroatoms. The largest absolute Gasteiger partial charge is 0.377 e. The highest BCUT2D eigenvalue weighted by molar-refractivity contribution is 4.95. The fraction of sp³-hybridized carbons (Fsp3) is 1.00. The Morgan fingerprint density at radius 2 is 2.15 bits per heavy atom. The van der Waals surface area contributed by atoms with Gasteiger partial charge in [-0.15, -0.1) is 0 Å². The first-order valence-electron chi connectivity index (χ1n) is 8.61. The summed E-state index contributed by atoms with van der Waals surface area (Å²) in [5.74, 6) is 0. The Balaban J connectivity index is 2.04. The molecule has 2 rings (SSSR count). The van der Waals surface area contributed by atoms with Crippen molar-refractivity contribution in [2.45, 2.75) is 78.0 Å². The average Bonchev–Trinajstić information content (AvgIpc) is 2.61. The van der Waals surface area contributed by atoms with Gasteiger partial charge in [0.15, 0.2) is 0 Å². The average molecular weight is 282 g/mol. The van der Waals surface area contributed by atoms with Gasteiger partial charge in [-0.25, -0.2) is 0 Å². The molecule has 2 fully saturated rings. The Kier molecular flexibility index (Phi) is 5.88. The van der Waals surface area contributed by atoms with Crippen LogP contribution in [0.5, 0.6) is 0 Å². The Morgan fingerprint density at radius 1 is 1.35 bits per heavy atom. The molecular formula is C17H34N2O. The van der Waals surface area contributed by atoms with Gasteiger partial charge in [0.1, 0.15) is 0 Å². The molecule has 0 aromatic rings. The minimum atomic E-state index is 0.384. The van der Waals surface area contributed by atoms with E-state index in [1.54, 1.807) is 0 Å². The molecule has 1 aliphatic heterocycles. The summed E-state index contributed by atoms with van der Waals surface area (Å²) in [5.41, 5.74) is 0.492. The highest BCUT2D eigenvalue weighted by atomic mass is 16.5. The zero-order valence-corrected chi connectivity index (χ0v) is 14.0. The molecule has 3 nitrogen and oxygen atoms in total. The van der Waals surface area contributed by atoms with Crippen molar-refractivity contribution in [3.05, 3.63) is 0 Å². The molecule has 0 aromatic carbocycles. The maximum absolute atomic E-state index is 5.83. The molecule has 0 spiro atoms. The highest BCUT2D eigenvalue weighted by Gasteiger charge is 2.38. The van der Waals surface area contributed by atoms with Crippen molar-refractivity contribution < 1.29 is 4.74 Å². The molecule has 20 heavy (non-hydrogen) atoms. The van der Waals surface area contributed by atoms with Gasteiger partial charge in [0.05, 0.1) is 6.10 Å². The van der Waals surface area contributed by atoms with Crippen LogP contribution in [0.2, 0.25) is 0 Å². The lowest BCUT2D eigenvalue weighted by molar-refractivity contribution is 0.0323. The highest BCUT2D eigenvalue weighted by Crippen LogP contribution is 2.38. The monoisotopic (exact) mass is 282 g/mol. The van der Waals surface area contributed by atoms with E-state index in [9.17, 15) is 0 Å². The van der Waals surface area contributed by atoms with Gasteiger partial charge in [-0.1, -0.05) is 20.8 Å². The summed E-state index contributed by atoms with van der Waals surface area (Å²) < 4.78 is 5.83. The van der Waals surface area contributed by atoms with Gasteiger partial charge in [0.25, 0.3) is 0 Å². The molecule has 1 saturated carbocycles. The van der Waals surface area contributed by atoms with E-state index in [1.807, 2.05) is 0 Å². The van der Waals surface area contributed by atoms with Crippen molar-refractivity contribution in [2.75, 3.05) is 26.2 Å². The van der Waals surface area contributed by atoms with Gasteiger partial charge in [0.2, 0.25) is 0 Å². The van der Waals surface area contributed by atoms with Crippen LogP contribution in [0.25, 0.3) is 0 Å². The number of rotatable bonds is 4. The molecule has 1 heterocycles. The lowest BCUT2D eigenvalue weighted by atomic mass is 9.72. The summed E-state index contributed by atoms with van der Waals surface area (Å²) in [6.07, 6.45) is 6.79. The fourth-order valence-electron chi connectivity index (χ4n) is 3.83. The number of nitrogens with one attached hydrogen (secondary N) is 1. The van der Waals surface area contributed by atoms with Gasteiger partial charge in [0, 0.05) is 31.8 Å². The third kappa shape index (κ3) is 4.44. The molecule has 3 unspecified atom stereocenters. The zero-order chi connectivity index (χ0) is 14.6. The van der Waals surface area contributed by atoms with Crippen molar-refractivity contribution in [3.8, 4) is 0 Å². The minimum Gasteiger partial charge on any atom is -0.377 e. The van der Waals surface area contributed by atoms with Gasteiger partial charge >= 0.3 is 0 Å². The van der Waals surface area contributed by atoms with Crippen LogP contribution >= 0.6 is 0 Å². The number of hydrogen-bond donors (Lipinski definition) is 1. The zero-order valence-electron chi connectivity index (χ0n) is 14.0. The molecule has 0 aromatic heterocycles. The molecule has 0 bridgehead atoms. The fourth-order valence-corrected chi connectivity index (χ4v) is 3.83. The van der Waals surface area contributed by atoms with Crippen molar-refractivity contribution in [1.29, 1.82) is 0 Å². The Hall–Kier alpha value is -0.120. The van der Waals surface area contributed by atoms with E-state index in [-0.39, 0.29) is 0 Å². The molecule has 118 valence electrons. The summed E-state index contributed by atoms with van der Waals surface area (Å²) in [6, 6.07) is 1.36. The number of hydrogen-bond acceptors (Lipinski definition) is 3. The maximum Gasteiger partial charge on any atom is 0.0674 e. The molecule has 0 radical (unpaired) electrons. The second-order valence-corrected chi connectivity index (χ2v) is 7.56. The van der Waals surface area contributed by atoms with Crippen LogP contribution in [-0.4, -0.2) is 49.3 Å². The lowest BCUT2D eigenvalue weighted by Crippen LogP contribution is -2.56. The molecule has 1 aliphatic carbocycles. The van der Waals surface area contributed by atoms with E-state index >= 15 is 0 Å². The van der Waals surface area contributed by atoms with E-state index < -0.39 is 0 Å². The first kappa shape index (κ1) is 16.3. The summed E-state index contributed by atoms with van der Waals surface area (Å²) in [5, 5.41) is 3.81.